The fourth-order valence-corrected chi connectivity index (χ4v) is 3.64. The molecule has 0 bridgehead atoms. The highest BCUT2D eigenvalue weighted by Crippen LogP contribution is 2.27. The van der Waals surface area contributed by atoms with Crippen molar-refractivity contribution < 1.29 is 23.5 Å². The Kier molecular flexibility index (Phi) is 7.63. The Balaban J connectivity index is 1.76. The third kappa shape index (κ3) is 5.82. The van der Waals surface area contributed by atoms with Gasteiger partial charge >= 0.3 is 0 Å². The van der Waals surface area contributed by atoms with E-state index in [-0.39, 0.29) is 30.1 Å². The summed E-state index contributed by atoms with van der Waals surface area (Å²) in [6, 6.07) is 11.4. The largest absolute Gasteiger partial charge is 0.488 e. The number of anilines is 1. The maximum Gasteiger partial charge on any atom is 0.247 e. The van der Waals surface area contributed by atoms with Gasteiger partial charge in [-0.05, 0) is 29.2 Å². The number of hydrogen-bond donors (Lipinski definition) is 1. The van der Waals surface area contributed by atoms with Crippen molar-refractivity contribution in [2.75, 3.05) is 25.6 Å². The molecule has 0 saturated carbocycles. The molecular weight excluding hydrogens is 399 g/mol. The molecule has 0 aromatic heterocycles. The SMILES string of the molecule is COCCOc1ccc(NC(=O)C2Cc3ccccc3CN2C(=O)CC(C)C)cc1F. The molecule has 0 spiro atoms. The van der Waals surface area contributed by atoms with E-state index in [0.29, 0.717) is 31.7 Å². The summed E-state index contributed by atoms with van der Waals surface area (Å²) >= 11 is 0. The lowest BCUT2D eigenvalue weighted by atomic mass is 9.92. The Morgan fingerprint density at radius 3 is 2.58 bits per heavy atom. The second kappa shape index (κ2) is 10.4. The first-order valence-electron chi connectivity index (χ1n) is 10.5. The predicted molar refractivity (Wildman–Crippen MR) is 116 cm³/mol. The number of nitrogens with one attached hydrogen (secondary N) is 1. The van der Waals surface area contributed by atoms with Gasteiger partial charge in [0, 0.05) is 38.2 Å². The maximum atomic E-state index is 14.3. The average Bonchev–Trinajstić information content (AvgIpc) is 2.74. The summed E-state index contributed by atoms with van der Waals surface area (Å²) < 4.78 is 24.5. The Morgan fingerprint density at radius 1 is 1.16 bits per heavy atom. The highest BCUT2D eigenvalue weighted by atomic mass is 19.1. The minimum atomic E-state index is -0.651. The van der Waals surface area contributed by atoms with Crippen LogP contribution in [0.25, 0.3) is 0 Å². The zero-order valence-electron chi connectivity index (χ0n) is 18.2. The smallest absolute Gasteiger partial charge is 0.247 e. The number of rotatable bonds is 8. The van der Waals surface area contributed by atoms with Crippen molar-refractivity contribution in [2.45, 2.75) is 39.3 Å². The van der Waals surface area contributed by atoms with Crippen molar-refractivity contribution in [1.29, 1.82) is 0 Å². The zero-order chi connectivity index (χ0) is 22.4. The molecule has 2 aromatic rings. The number of fused-ring (bicyclic) bond motifs is 1. The van der Waals surface area contributed by atoms with Crippen LogP contribution in [0.1, 0.15) is 31.4 Å². The summed E-state index contributed by atoms with van der Waals surface area (Å²) in [5.41, 5.74) is 2.41. The van der Waals surface area contributed by atoms with Crippen molar-refractivity contribution in [3.8, 4) is 5.75 Å². The molecule has 166 valence electrons. The molecule has 6 nitrogen and oxygen atoms in total. The number of amides is 2. The molecular formula is C24H29FN2O4. The molecule has 0 saturated heterocycles. The van der Waals surface area contributed by atoms with Crippen LogP contribution in [0, 0.1) is 11.7 Å². The summed E-state index contributed by atoms with van der Waals surface area (Å²) in [7, 11) is 1.54. The predicted octanol–water partition coefficient (Wildman–Crippen LogP) is 3.79. The van der Waals surface area contributed by atoms with Gasteiger partial charge in [0.1, 0.15) is 12.6 Å². The van der Waals surface area contributed by atoms with Crippen molar-refractivity contribution in [3.05, 3.63) is 59.4 Å². The van der Waals surface area contributed by atoms with E-state index in [9.17, 15) is 14.0 Å². The van der Waals surface area contributed by atoms with Crippen molar-refractivity contribution in [1.82, 2.24) is 4.90 Å². The van der Waals surface area contributed by atoms with E-state index in [0.717, 1.165) is 11.1 Å². The molecule has 1 aliphatic rings. The Labute approximate surface area is 182 Å². The van der Waals surface area contributed by atoms with Crippen LogP contribution in [0.15, 0.2) is 42.5 Å². The van der Waals surface area contributed by atoms with Gasteiger partial charge in [-0.3, -0.25) is 9.59 Å². The minimum Gasteiger partial charge on any atom is -0.488 e. The third-order valence-corrected chi connectivity index (χ3v) is 5.20. The summed E-state index contributed by atoms with van der Waals surface area (Å²) in [5, 5.41) is 2.76. The van der Waals surface area contributed by atoms with Gasteiger partial charge in [0.15, 0.2) is 11.6 Å². The lowest BCUT2D eigenvalue weighted by molar-refractivity contribution is -0.140. The van der Waals surface area contributed by atoms with Crippen LogP contribution in [-0.4, -0.2) is 43.1 Å². The zero-order valence-corrected chi connectivity index (χ0v) is 18.2. The molecule has 31 heavy (non-hydrogen) atoms. The number of benzene rings is 2. The number of carbonyl (C=O) groups is 2. The first-order chi connectivity index (χ1) is 14.9. The summed E-state index contributed by atoms with van der Waals surface area (Å²) in [5.74, 6) is -0.684. The number of ether oxygens (including phenoxy) is 2. The van der Waals surface area contributed by atoms with Gasteiger partial charge in [0.05, 0.1) is 6.61 Å². The van der Waals surface area contributed by atoms with Gasteiger partial charge in [-0.15, -0.1) is 0 Å². The van der Waals surface area contributed by atoms with Gasteiger partial charge in [-0.2, -0.15) is 0 Å². The van der Waals surface area contributed by atoms with Crippen LogP contribution >= 0.6 is 0 Å². The van der Waals surface area contributed by atoms with E-state index in [4.69, 9.17) is 9.47 Å². The topological polar surface area (TPSA) is 67.9 Å². The second-order valence-electron chi connectivity index (χ2n) is 8.08. The highest BCUT2D eigenvalue weighted by Gasteiger charge is 2.34. The van der Waals surface area contributed by atoms with Gasteiger partial charge < -0.3 is 19.7 Å². The van der Waals surface area contributed by atoms with Crippen LogP contribution in [0.3, 0.4) is 0 Å². The number of methoxy groups -OCH3 is 1. The normalized spacial score (nSPS) is 15.5. The highest BCUT2D eigenvalue weighted by molar-refractivity contribution is 5.97. The molecule has 2 aromatic carbocycles. The lowest BCUT2D eigenvalue weighted by Gasteiger charge is -2.36. The van der Waals surface area contributed by atoms with E-state index in [1.165, 1.54) is 19.2 Å². The van der Waals surface area contributed by atoms with Gasteiger partial charge in [0.25, 0.3) is 0 Å². The first kappa shape index (κ1) is 22.7. The number of halogens is 1. The molecule has 1 unspecified atom stereocenters. The fraction of sp³-hybridized carbons (Fsp3) is 0.417. The number of hydrogen-bond acceptors (Lipinski definition) is 4. The molecule has 0 radical (unpaired) electrons. The average molecular weight is 429 g/mol. The quantitative estimate of drug-likeness (QED) is 0.650. The lowest BCUT2D eigenvalue weighted by Crippen LogP contribution is -2.50. The molecule has 1 aliphatic heterocycles. The Morgan fingerprint density at radius 2 is 1.90 bits per heavy atom. The number of carbonyl (C=O) groups excluding carboxylic acids is 2. The Hall–Kier alpha value is -2.93. The van der Waals surface area contributed by atoms with Crippen LogP contribution in [0.4, 0.5) is 10.1 Å². The van der Waals surface area contributed by atoms with Crippen LogP contribution in [0.5, 0.6) is 5.75 Å². The van der Waals surface area contributed by atoms with Gasteiger partial charge in [-0.1, -0.05) is 38.1 Å². The third-order valence-electron chi connectivity index (χ3n) is 5.20. The van der Waals surface area contributed by atoms with Gasteiger partial charge in [-0.25, -0.2) is 4.39 Å². The van der Waals surface area contributed by atoms with Crippen molar-refractivity contribution >= 4 is 17.5 Å². The first-order valence-corrected chi connectivity index (χ1v) is 10.5. The standard InChI is InChI=1S/C24H29FN2O4/c1-16(2)12-23(28)27-15-18-7-5-4-6-17(18)13-21(27)24(29)26-19-8-9-22(20(25)14-19)31-11-10-30-3/h4-9,14,16,21H,10-13,15H2,1-3H3,(H,26,29). The van der Waals surface area contributed by atoms with Crippen LogP contribution in [-0.2, 0) is 27.3 Å². The van der Waals surface area contributed by atoms with Crippen LogP contribution in [0.2, 0.25) is 0 Å². The van der Waals surface area contributed by atoms with Crippen molar-refractivity contribution in [3.63, 3.8) is 0 Å². The van der Waals surface area contributed by atoms with E-state index in [2.05, 4.69) is 5.32 Å². The van der Waals surface area contributed by atoms with E-state index in [1.54, 1.807) is 11.0 Å². The molecule has 1 heterocycles. The minimum absolute atomic E-state index is 0.0577. The van der Waals surface area contributed by atoms with E-state index >= 15 is 0 Å². The van der Waals surface area contributed by atoms with E-state index < -0.39 is 11.9 Å². The number of nitrogens with zero attached hydrogens (tertiary/aromatic N) is 1. The monoisotopic (exact) mass is 428 g/mol. The molecule has 2 amide bonds. The molecule has 0 aliphatic carbocycles. The van der Waals surface area contributed by atoms with Crippen LogP contribution < -0.4 is 10.1 Å². The summed E-state index contributed by atoms with van der Waals surface area (Å²) in [4.78, 5) is 27.6. The maximum absolute atomic E-state index is 14.3. The molecule has 3 rings (SSSR count). The molecule has 1 N–H and O–H groups in total. The van der Waals surface area contributed by atoms with Gasteiger partial charge in [0.2, 0.25) is 11.8 Å². The van der Waals surface area contributed by atoms with E-state index in [1.807, 2.05) is 38.1 Å². The summed E-state index contributed by atoms with van der Waals surface area (Å²) in [6.07, 6.45) is 0.792. The van der Waals surface area contributed by atoms with Crippen molar-refractivity contribution in [2.24, 2.45) is 5.92 Å². The molecule has 0 fully saturated rings. The molecule has 7 heteroatoms. The molecule has 1 atom stereocenters. The summed E-state index contributed by atoms with van der Waals surface area (Å²) in [6.45, 7) is 4.92. The second-order valence-corrected chi connectivity index (χ2v) is 8.08. The Bertz CT molecular complexity index is 932. The fourth-order valence-electron chi connectivity index (χ4n) is 3.64.